The van der Waals surface area contributed by atoms with Crippen LogP contribution in [0.2, 0.25) is 0 Å². The van der Waals surface area contributed by atoms with Gasteiger partial charge < -0.3 is 29.0 Å². The van der Waals surface area contributed by atoms with Gasteiger partial charge in [-0.1, -0.05) is 6.92 Å². The molecule has 0 saturated heterocycles. The van der Waals surface area contributed by atoms with Gasteiger partial charge in [-0.15, -0.1) is 0 Å². The molecule has 1 amide bonds. The zero-order valence-electron chi connectivity index (χ0n) is 24.2. The Bertz CT molecular complexity index is 1310. The minimum Gasteiger partial charge on any atom is -0.481 e. The summed E-state index contributed by atoms with van der Waals surface area (Å²) in [6.45, 7) is 2.01. The number of nitrogens with zero attached hydrogens (tertiary/aromatic N) is 2. The quantitative estimate of drug-likeness (QED) is 0.252. The number of carboxylic acid groups (broad SMARTS) is 1. The molecule has 10 nitrogen and oxygen atoms in total. The first-order chi connectivity index (χ1) is 20.3. The van der Waals surface area contributed by atoms with Crippen LogP contribution in [0.3, 0.4) is 0 Å². The molecule has 14 heteroatoms. The van der Waals surface area contributed by atoms with E-state index in [9.17, 15) is 27.6 Å². The molecule has 1 aromatic carbocycles. The lowest BCUT2D eigenvalue weighted by Crippen LogP contribution is -2.49. The molecular weight excluding hydrogens is 580 g/mol. The van der Waals surface area contributed by atoms with Crippen LogP contribution in [0.25, 0.3) is 0 Å². The Kier molecular flexibility index (Phi) is 11.4. The van der Waals surface area contributed by atoms with E-state index >= 15 is 4.39 Å². The minimum absolute atomic E-state index is 0.0370. The van der Waals surface area contributed by atoms with Crippen molar-refractivity contribution in [2.45, 2.75) is 51.2 Å². The number of aliphatic carboxylic acids is 1. The number of ether oxygens (including phenoxy) is 4. The van der Waals surface area contributed by atoms with E-state index < -0.39 is 59.5 Å². The number of aromatic nitrogens is 1. The van der Waals surface area contributed by atoms with Crippen molar-refractivity contribution in [1.82, 2.24) is 4.98 Å². The molecule has 0 unspecified atom stereocenters. The van der Waals surface area contributed by atoms with Gasteiger partial charge in [0.15, 0.2) is 11.6 Å². The third-order valence-electron chi connectivity index (χ3n) is 7.18. The number of hydrogen-bond donors (Lipinski definition) is 1. The van der Waals surface area contributed by atoms with Crippen LogP contribution >= 0.6 is 0 Å². The zero-order valence-corrected chi connectivity index (χ0v) is 24.2. The number of halogens is 4. The number of amides is 1. The third kappa shape index (κ3) is 8.41. The van der Waals surface area contributed by atoms with Gasteiger partial charge in [-0.25, -0.2) is 14.2 Å². The fourth-order valence-corrected chi connectivity index (χ4v) is 5.03. The highest BCUT2D eigenvalue weighted by molar-refractivity contribution is 6.04. The van der Waals surface area contributed by atoms with Crippen LogP contribution in [0.4, 0.5) is 23.2 Å². The van der Waals surface area contributed by atoms with Gasteiger partial charge in [0.05, 0.1) is 44.0 Å². The highest BCUT2D eigenvalue weighted by Crippen LogP contribution is 2.40. The fraction of sp³-hybridized carbons (Fsp3) is 0.517. The Hall–Kier alpha value is -3.78. The summed E-state index contributed by atoms with van der Waals surface area (Å²) in [7, 11) is 3.86. The molecule has 0 radical (unpaired) electrons. The molecular formula is C29H34F4N2O8. The molecule has 3 rings (SSSR count). The van der Waals surface area contributed by atoms with Crippen LogP contribution < -0.4 is 9.64 Å². The Morgan fingerprint density at radius 2 is 1.67 bits per heavy atom. The number of esters is 1. The van der Waals surface area contributed by atoms with Gasteiger partial charge in [0.1, 0.15) is 5.56 Å². The van der Waals surface area contributed by atoms with Crippen molar-refractivity contribution in [1.29, 1.82) is 0 Å². The van der Waals surface area contributed by atoms with Crippen LogP contribution in [-0.2, 0) is 36.4 Å². The van der Waals surface area contributed by atoms with E-state index in [-0.39, 0.29) is 35.9 Å². The second kappa shape index (κ2) is 14.6. The van der Waals surface area contributed by atoms with Crippen molar-refractivity contribution in [3.05, 3.63) is 46.9 Å². The van der Waals surface area contributed by atoms with Crippen molar-refractivity contribution >= 4 is 23.5 Å². The van der Waals surface area contributed by atoms with E-state index in [1.807, 2.05) is 0 Å². The smallest absolute Gasteiger partial charge is 0.421 e. The number of hydrogen-bond acceptors (Lipinski definition) is 8. The fourth-order valence-electron chi connectivity index (χ4n) is 5.03. The second-order valence-electron chi connectivity index (χ2n) is 10.4. The van der Waals surface area contributed by atoms with Gasteiger partial charge in [0.2, 0.25) is 11.8 Å². The van der Waals surface area contributed by atoms with Gasteiger partial charge in [0.25, 0.3) is 0 Å². The predicted molar refractivity (Wildman–Crippen MR) is 145 cm³/mol. The van der Waals surface area contributed by atoms with Crippen molar-refractivity contribution in [2.75, 3.05) is 39.4 Å². The number of carbonyl (C=O) groups is 3. The number of benzene rings is 1. The normalized spacial score (nSPS) is 17.0. The number of carbonyl (C=O) groups excluding carboxylic acids is 2. The molecule has 1 heterocycles. The van der Waals surface area contributed by atoms with E-state index in [1.54, 1.807) is 0 Å². The standard InChI is InChI=1S/C29H34F4N2O8/c1-16-5-7-18(8-6-16)27(38)35(19(14-40-2)15-41-3)23-12-22(30)24(11-20(23)28(39)42-4)43-26-21(29(31,32)33)9-17(13-34-26)10-25(36)37/h9,11-13,16,18-19H,5-8,10,14-15H2,1-4H3,(H,36,37). The van der Waals surface area contributed by atoms with Gasteiger partial charge >= 0.3 is 18.1 Å². The summed E-state index contributed by atoms with van der Waals surface area (Å²) in [5.41, 5.74) is -2.25. The maximum Gasteiger partial charge on any atom is 0.421 e. The monoisotopic (exact) mass is 614 g/mol. The number of methoxy groups -OCH3 is 3. The maximum atomic E-state index is 15.7. The number of pyridine rings is 1. The van der Waals surface area contributed by atoms with Gasteiger partial charge in [-0.05, 0) is 43.2 Å². The lowest BCUT2D eigenvalue weighted by Gasteiger charge is -2.36. The Morgan fingerprint density at radius 3 is 2.21 bits per heavy atom. The number of anilines is 1. The van der Waals surface area contributed by atoms with E-state index in [4.69, 9.17) is 24.1 Å². The van der Waals surface area contributed by atoms with Crippen LogP contribution in [0.15, 0.2) is 24.4 Å². The zero-order chi connectivity index (χ0) is 31.9. The lowest BCUT2D eigenvalue weighted by molar-refractivity contribution is -0.139. The highest BCUT2D eigenvalue weighted by atomic mass is 19.4. The first kappa shape index (κ1) is 33.7. The van der Waals surface area contributed by atoms with Gasteiger partial charge in [-0.2, -0.15) is 13.2 Å². The molecule has 2 aromatic rings. The SMILES string of the molecule is COCC(COC)N(C(=O)C1CCC(C)CC1)c1cc(F)c(Oc2ncc(CC(=O)O)cc2C(F)(F)F)cc1C(=O)OC. The first-order valence-corrected chi connectivity index (χ1v) is 13.5. The van der Waals surface area contributed by atoms with Crippen molar-refractivity contribution < 1.29 is 56.0 Å². The molecule has 1 saturated carbocycles. The summed E-state index contributed by atoms with van der Waals surface area (Å²) in [4.78, 5) is 42.7. The van der Waals surface area contributed by atoms with E-state index in [0.29, 0.717) is 24.8 Å². The molecule has 1 fully saturated rings. The van der Waals surface area contributed by atoms with Gasteiger partial charge in [-0.3, -0.25) is 9.59 Å². The highest BCUT2D eigenvalue weighted by Gasteiger charge is 2.38. The van der Waals surface area contributed by atoms with Crippen LogP contribution in [0, 0.1) is 17.7 Å². The summed E-state index contributed by atoms with van der Waals surface area (Å²) in [6, 6.07) is 1.39. The lowest BCUT2D eigenvalue weighted by atomic mass is 9.82. The van der Waals surface area contributed by atoms with Crippen LogP contribution in [0.5, 0.6) is 11.6 Å². The summed E-state index contributed by atoms with van der Waals surface area (Å²) in [5.74, 6) is -5.85. The summed E-state index contributed by atoms with van der Waals surface area (Å²) in [5, 5.41) is 8.94. The molecule has 0 atom stereocenters. The Morgan fingerprint density at radius 1 is 1.05 bits per heavy atom. The van der Waals surface area contributed by atoms with Crippen molar-refractivity contribution in [3.63, 3.8) is 0 Å². The predicted octanol–water partition coefficient (Wildman–Crippen LogP) is 5.27. The van der Waals surface area contributed by atoms with Gasteiger partial charge in [0, 0.05) is 38.5 Å². The van der Waals surface area contributed by atoms with E-state index in [1.165, 1.54) is 19.1 Å². The molecule has 43 heavy (non-hydrogen) atoms. The van der Waals surface area contributed by atoms with Crippen LogP contribution in [0.1, 0.15) is 54.1 Å². The Balaban J connectivity index is 2.15. The van der Waals surface area contributed by atoms with Crippen molar-refractivity contribution in [3.8, 4) is 11.6 Å². The second-order valence-corrected chi connectivity index (χ2v) is 10.4. The van der Waals surface area contributed by atoms with E-state index in [0.717, 1.165) is 38.3 Å². The minimum atomic E-state index is -5.04. The average Bonchev–Trinajstić information content (AvgIpc) is 2.94. The molecule has 236 valence electrons. The molecule has 1 aliphatic carbocycles. The average molecular weight is 615 g/mol. The van der Waals surface area contributed by atoms with Crippen molar-refractivity contribution in [2.24, 2.45) is 11.8 Å². The first-order valence-electron chi connectivity index (χ1n) is 13.5. The number of rotatable bonds is 12. The largest absolute Gasteiger partial charge is 0.481 e. The summed E-state index contributed by atoms with van der Waals surface area (Å²) >= 11 is 0. The number of carboxylic acids is 1. The van der Waals surface area contributed by atoms with E-state index in [2.05, 4.69) is 11.9 Å². The van der Waals surface area contributed by atoms with Crippen LogP contribution in [-0.4, -0.2) is 68.5 Å². The third-order valence-corrected chi connectivity index (χ3v) is 7.18. The summed E-state index contributed by atoms with van der Waals surface area (Å²) in [6.07, 6.45) is -2.17. The molecule has 1 aromatic heterocycles. The maximum absolute atomic E-state index is 15.7. The molecule has 1 aliphatic rings. The molecule has 0 bridgehead atoms. The molecule has 0 spiro atoms. The molecule has 1 N–H and O–H groups in total. The molecule has 0 aliphatic heterocycles. The Labute approximate surface area is 245 Å². The number of alkyl halides is 3. The topological polar surface area (TPSA) is 124 Å². The summed E-state index contributed by atoms with van der Waals surface area (Å²) < 4.78 is 77.8.